The van der Waals surface area contributed by atoms with Gasteiger partial charge in [-0.3, -0.25) is 4.79 Å². The largest absolute Gasteiger partial charge is 0.488 e. The van der Waals surface area contributed by atoms with E-state index >= 15 is 0 Å². The molecule has 0 saturated carbocycles. The molecule has 27 heavy (non-hydrogen) atoms. The Balaban J connectivity index is 1.64. The second-order valence-corrected chi connectivity index (χ2v) is 7.53. The van der Waals surface area contributed by atoms with Crippen LogP contribution in [0.25, 0.3) is 0 Å². The summed E-state index contributed by atoms with van der Waals surface area (Å²) in [6.45, 7) is 4.78. The lowest BCUT2D eigenvalue weighted by Gasteiger charge is -2.36. The summed E-state index contributed by atoms with van der Waals surface area (Å²) in [4.78, 5) is 14.1. The molecule has 0 aromatic heterocycles. The summed E-state index contributed by atoms with van der Waals surface area (Å²) >= 11 is 5.66. The number of halogens is 2. The summed E-state index contributed by atoms with van der Waals surface area (Å²) in [5, 5.41) is 10.4. The molecule has 1 fully saturated rings. The molecular formula is C21H23ClFNO3. The van der Waals surface area contributed by atoms with Crippen LogP contribution in [0.15, 0.2) is 42.5 Å². The van der Waals surface area contributed by atoms with Crippen molar-refractivity contribution < 1.29 is 19.0 Å². The summed E-state index contributed by atoms with van der Waals surface area (Å²) in [6, 6.07) is 11.8. The molecule has 2 aromatic carbocycles. The first kappa shape index (κ1) is 19.6. The third-order valence-corrected chi connectivity index (χ3v) is 5.09. The van der Waals surface area contributed by atoms with Crippen molar-refractivity contribution in [3.63, 3.8) is 0 Å². The van der Waals surface area contributed by atoms with E-state index in [9.17, 15) is 14.3 Å². The Hall–Kier alpha value is -2.11. The number of hydrogen-bond donors (Lipinski definition) is 1. The van der Waals surface area contributed by atoms with Crippen LogP contribution in [0.1, 0.15) is 42.1 Å². The minimum Gasteiger partial charge on any atom is -0.488 e. The second kappa shape index (κ2) is 8.28. The van der Waals surface area contributed by atoms with Crippen LogP contribution in [0.4, 0.5) is 4.39 Å². The van der Waals surface area contributed by atoms with Crippen molar-refractivity contribution in [2.45, 2.75) is 38.4 Å². The highest BCUT2D eigenvalue weighted by atomic mass is 35.5. The van der Waals surface area contributed by atoms with Crippen LogP contribution in [-0.4, -0.2) is 41.2 Å². The molecule has 144 valence electrons. The molecular weight excluding hydrogens is 369 g/mol. The fourth-order valence-corrected chi connectivity index (χ4v) is 3.28. The van der Waals surface area contributed by atoms with Gasteiger partial charge in [0.15, 0.2) is 0 Å². The standard InChI is InChI=1S/C21H23ClFNO3/c1-13(2)14-4-3-5-16(10-14)27-20-8-9-24(12-19(20)25)21(26)15-6-7-17(22)18(23)11-15/h3-7,10-11,13,19-20,25H,8-9,12H2,1-2H3/t19-,20-/m1/s1. The van der Waals surface area contributed by atoms with Gasteiger partial charge in [0.1, 0.15) is 23.8 Å². The van der Waals surface area contributed by atoms with Crippen LogP contribution in [0.3, 0.4) is 0 Å². The number of β-amino-alcohol motifs (C(OH)–C–C–N with tert-alkyl or cyclic N) is 1. The average Bonchev–Trinajstić information content (AvgIpc) is 2.65. The van der Waals surface area contributed by atoms with Crippen LogP contribution in [0, 0.1) is 5.82 Å². The van der Waals surface area contributed by atoms with Gasteiger partial charge in [0.25, 0.3) is 5.91 Å². The number of carbonyl (C=O) groups is 1. The Labute approximate surface area is 163 Å². The van der Waals surface area contributed by atoms with Crippen molar-refractivity contribution in [3.05, 3.63) is 64.4 Å². The number of piperidine rings is 1. The Morgan fingerprint density at radius 2 is 2.07 bits per heavy atom. The van der Waals surface area contributed by atoms with Gasteiger partial charge in [-0.2, -0.15) is 0 Å². The number of ether oxygens (including phenoxy) is 1. The van der Waals surface area contributed by atoms with Crippen molar-refractivity contribution in [1.29, 1.82) is 0 Å². The number of nitrogens with zero attached hydrogens (tertiary/aromatic N) is 1. The van der Waals surface area contributed by atoms with E-state index in [1.165, 1.54) is 22.6 Å². The normalized spacial score (nSPS) is 20.0. The molecule has 0 spiro atoms. The maximum atomic E-state index is 13.6. The number of rotatable bonds is 4. The van der Waals surface area contributed by atoms with Gasteiger partial charge in [0.2, 0.25) is 0 Å². The lowest BCUT2D eigenvalue weighted by molar-refractivity contribution is -0.0199. The molecule has 0 unspecified atom stereocenters. The first-order valence-corrected chi connectivity index (χ1v) is 9.42. The zero-order chi connectivity index (χ0) is 19.6. The number of aliphatic hydroxyl groups excluding tert-OH is 1. The average molecular weight is 392 g/mol. The van der Waals surface area contributed by atoms with Gasteiger partial charge in [0, 0.05) is 18.5 Å². The maximum Gasteiger partial charge on any atom is 0.254 e. The topological polar surface area (TPSA) is 49.8 Å². The number of amides is 1. The van der Waals surface area contributed by atoms with Crippen LogP contribution in [-0.2, 0) is 0 Å². The van der Waals surface area contributed by atoms with Gasteiger partial charge in [-0.1, -0.05) is 37.6 Å². The number of hydrogen-bond acceptors (Lipinski definition) is 3. The van der Waals surface area contributed by atoms with E-state index in [0.717, 1.165) is 6.07 Å². The van der Waals surface area contributed by atoms with E-state index in [0.29, 0.717) is 24.6 Å². The summed E-state index contributed by atoms with van der Waals surface area (Å²) < 4.78 is 19.6. The fourth-order valence-electron chi connectivity index (χ4n) is 3.17. The first-order chi connectivity index (χ1) is 12.8. The van der Waals surface area contributed by atoms with Crippen molar-refractivity contribution in [2.24, 2.45) is 0 Å². The molecule has 2 atom stereocenters. The monoisotopic (exact) mass is 391 g/mol. The summed E-state index contributed by atoms with van der Waals surface area (Å²) in [5.74, 6) is 0.138. The van der Waals surface area contributed by atoms with Gasteiger partial charge in [-0.15, -0.1) is 0 Å². The van der Waals surface area contributed by atoms with E-state index in [1.54, 1.807) is 0 Å². The molecule has 2 aromatic rings. The van der Waals surface area contributed by atoms with Crippen LogP contribution in [0.5, 0.6) is 5.75 Å². The number of benzene rings is 2. The molecule has 3 rings (SSSR count). The van der Waals surface area contributed by atoms with Crippen LogP contribution in [0.2, 0.25) is 5.02 Å². The SMILES string of the molecule is CC(C)c1cccc(O[C@@H]2CCN(C(=O)c3ccc(Cl)c(F)c3)C[C@H]2O)c1. The van der Waals surface area contributed by atoms with Crippen molar-refractivity contribution in [3.8, 4) is 5.75 Å². The van der Waals surface area contributed by atoms with Gasteiger partial charge >= 0.3 is 0 Å². The lowest BCUT2D eigenvalue weighted by Crippen LogP contribution is -2.51. The van der Waals surface area contributed by atoms with Gasteiger partial charge in [-0.05, 0) is 41.8 Å². The second-order valence-electron chi connectivity index (χ2n) is 7.12. The van der Waals surface area contributed by atoms with Crippen molar-refractivity contribution >= 4 is 17.5 Å². The van der Waals surface area contributed by atoms with Crippen LogP contribution >= 0.6 is 11.6 Å². The summed E-state index contributed by atoms with van der Waals surface area (Å²) in [5.41, 5.74) is 1.38. The number of carbonyl (C=O) groups excluding carboxylic acids is 1. The molecule has 0 bridgehead atoms. The third-order valence-electron chi connectivity index (χ3n) is 4.79. The Morgan fingerprint density at radius 3 is 2.74 bits per heavy atom. The van der Waals surface area contributed by atoms with Crippen molar-refractivity contribution in [1.82, 2.24) is 4.90 Å². The van der Waals surface area contributed by atoms with E-state index in [4.69, 9.17) is 16.3 Å². The van der Waals surface area contributed by atoms with E-state index in [1.807, 2.05) is 24.3 Å². The Bertz CT molecular complexity index is 827. The van der Waals surface area contributed by atoms with E-state index in [2.05, 4.69) is 13.8 Å². The predicted molar refractivity (Wildman–Crippen MR) is 103 cm³/mol. The number of aliphatic hydroxyl groups is 1. The molecule has 1 aliphatic rings. The number of likely N-dealkylation sites (tertiary alicyclic amines) is 1. The zero-order valence-electron chi connectivity index (χ0n) is 15.4. The lowest BCUT2D eigenvalue weighted by atomic mass is 10.0. The first-order valence-electron chi connectivity index (χ1n) is 9.04. The predicted octanol–water partition coefficient (Wildman–Crippen LogP) is 4.26. The van der Waals surface area contributed by atoms with Crippen LogP contribution < -0.4 is 4.74 Å². The van der Waals surface area contributed by atoms with E-state index < -0.39 is 18.0 Å². The van der Waals surface area contributed by atoms with Gasteiger partial charge < -0.3 is 14.7 Å². The minimum atomic E-state index is -0.817. The highest BCUT2D eigenvalue weighted by Crippen LogP contribution is 2.25. The minimum absolute atomic E-state index is 0.0256. The Morgan fingerprint density at radius 1 is 1.30 bits per heavy atom. The Kier molecular flexibility index (Phi) is 6.02. The molecule has 1 heterocycles. The quantitative estimate of drug-likeness (QED) is 0.847. The van der Waals surface area contributed by atoms with Gasteiger partial charge in [0.05, 0.1) is 11.6 Å². The summed E-state index contributed by atoms with van der Waals surface area (Å²) in [7, 11) is 0. The highest BCUT2D eigenvalue weighted by molar-refractivity contribution is 6.30. The molecule has 0 radical (unpaired) electrons. The van der Waals surface area contributed by atoms with E-state index in [-0.39, 0.29) is 23.0 Å². The maximum absolute atomic E-state index is 13.6. The molecule has 0 aliphatic carbocycles. The molecule has 1 saturated heterocycles. The summed E-state index contributed by atoms with van der Waals surface area (Å²) in [6.07, 6.45) is -0.713. The highest BCUT2D eigenvalue weighted by Gasteiger charge is 2.32. The zero-order valence-corrected chi connectivity index (χ0v) is 16.1. The fraction of sp³-hybridized carbons (Fsp3) is 0.381. The molecule has 1 amide bonds. The smallest absolute Gasteiger partial charge is 0.254 e. The molecule has 6 heteroatoms. The third kappa shape index (κ3) is 4.60. The molecule has 4 nitrogen and oxygen atoms in total. The molecule has 1 N–H and O–H groups in total. The van der Waals surface area contributed by atoms with Gasteiger partial charge in [-0.25, -0.2) is 4.39 Å². The van der Waals surface area contributed by atoms with Crippen molar-refractivity contribution in [2.75, 3.05) is 13.1 Å². The molecule has 1 aliphatic heterocycles.